The van der Waals surface area contributed by atoms with Crippen LogP contribution in [0.5, 0.6) is 0 Å². The number of hydrogen-bond acceptors (Lipinski definition) is 3. The van der Waals surface area contributed by atoms with Crippen LogP contribution in [0.4, 0.5) is 0 Å². The number of aryl methyl sites for hydroxylation is 1. The van der Waals surface area contributed by atoms with E-state index < -0.39 is 0 Å². The Kier molecular flexibility index (Phi) is 5.11. The molecule has 0 aromatic heterocycles. The Hall–Kier alpha value is -1.39. The van der Waals surface area contributed by atoms with Gasteiger partial charge in [0.2, 0.25) is 0 Å². The lowest BCUT2D eigenvalue weighted by Crippen LogP contribution is -2.44. The van der Waals surface area contributed by atoms with Gasteiger partial charge in [-0.15, -0.1) is 0 Å². The van der Waals surface area contributed by atoms with Gasteiger partial charge in [0.05, 0.1) is 13.2 Å². The Morgan fingerprint density at radius 1 is 1.09 bits per heavy atom. The summed E-state index contributed by atoms with van der Waals surface area (Å²) < 4.78 is 5.40. The van der Waals surface area contributed by atoms with Crippen molar-refractivity contribution in [3.8, 4) is 0 Å². The van der Waals surface area contributed by atoms with Gasteiger partial charge in [0.25, 0.3) is 5.91 Å². The first-order chi connectivity index (χ1) is 10.7. The summed E-state index contributed by atoms with van der Waals surface area (Å²) in [4.78, 5) is 17.0. The largest absolute Gasteiger partial charge is 0.379 e. The molecule has 0 aliphatic carbocycles. The summed E-state index contributed by atoms with van der Waals surface area (Å²) in [6.45, 7) is 8.84. The monoisotopic (exact) mass is 302 g/mol. The molecule has 1 aromatic carbocycles. The van der Waals surface area contributed by atoms with Crippen molar-refractivity contribution < 1.29 is 9.53 Å². The van der Waals surface area contributed by atoms with Gasteiger partial charge < -0.3 is 9.64 Å². The predicted octanol–water partition coefficient (Wildman–Crippen LogP) is 2.18. The molecule has 1 amide bonds. The van der Waals surface area contributed by atoms with Crippen molar-refractivity contribution in [1.82, 2.24) is 9.80 Å². The first kappa shape index (κ1) is 15.5. The maximum absolute atomic E-state index is 12.5. The fraction of sp³-hybridized carbons (Fsp3) is 0.611. The molecule has 0 radical (unpaired) electrons. The zero-order chi connectivity index (χ0) is 15.4. The van der Waals surface area contributed by atoms with Gasteiger partial charge in [-0.3, -0.25) is 9.69 Å². The highest BCUT2D eigenvalue weighted by molar-refractivity contribution is 5.94. The highest BCUT2D eigenvalue weighted by atomic mass is 16.5. The second kappa shape index (κ2) is 7.25. The molecule has 0 N–H and O–H groups in total. The van der Waals surface area contributed by atoms with Gasteiger partial charge in [-0.2, -0.15) is 0 Å². The van der Waals surface area contributed by atoms with E-state index in [2.05, 4.69) is 4.90 Å². The van der Waals surface area contributed by atoms with E-state index in [-0.39, 0.29) is 5.91 Å². The minimum absolute atomic E-state index is 0.185. The lowest BCUT2D eigenvalue weighted by atomic mass is 9.95. The lowest BCUT2D eigenvalue weighted by Gasteiger charge is -2.36. The van der Waals surface area contributed by atoms with Crippen LogP contribution in [0.15, 0.2) is 24.3 Å². The summed E-state index contributed by atoms with van der Waals surface area (Å²) in [5.74, 6) is 0.907. The van der Waals surface area contributed by atoms with E-state index in [1.165, 1.54) is 5.56 Å². The molecule has 2 aliphatic rings. The molecule has 2 heterocycles. The van der Waals surface area contributed by atoms with E-state index in [0.29, 0.717) is 0 Å². The third-order valence-electron chi connectivity index (χ3n) is 4.82. The van der Waals surface area contributed by atoms with Crippen molar-refractivity contribution in [2.75, 3.05) is 45.9 Å². The molecule has 4 heteroatoms. The Balaban J connectivity index is 1.48. The summed E-state index contributed by atoms with van der Waals surface area (Å²) in [6, 6.07) is 7.91. The van der Waals surface area contributed by atoms with Crippen LogP contribution in [-0.4, -0.2) is 61.6 Å². The number of carbonyl (C=O) groups is 1. The Morgan fingerprint density at radius 3 is 2.36 bits per heavy atom. The van der Waals surface area contributed by atoms with Crippen molar-refractivity contribution in [3.05, 3.63) is 35.4 Å². The summed E-state index contributed by atoms with van der Waals surface area (Å²) in [6.07, 6.45) is 2.24. The van der Waals surface area contributed by atoms with E-state index in [9.17, 15) is 4.79 Å². The molecule has 0 atom stereocenters. The maximum atomic E-state index is 12.5. The van der Waals surface area contributed by atoms with Gasteiger partial charge in [-0.1, -0.05) is 17.7 Å². The molecular weight excluding hydrogens is 276 g/mol. The number of hydrogen-bond donors (Lipinski definition) is 0. The fourth-order valence-corrected chi connectivity index (χ4v) is 3.35. The van der Waals surface area contributed by atoms with Crippen LogP contribution >= 0.6 is 0 Å². The van der Waals surface area contributed by atoms with Crippen molar-refractivity contribution in [2.45, 2.75) is 19.8 Å². The molecule has 2 saturated heterocycles. The Bertz CT molecular complexity index is 486. The molecule has 3 rings (SSSR count). The molecular formula is C18H26N2O2. The number of rotatable bonds is 3. The molecule has 2 aliphatic heterocycles. The maximum Gasteiger partial charge on any atom is 0.253 e. The highest BCUT2D eigenvalue weighted by Crippen LogP contribution is 2.20. The van der Waals surface area contributed by atoms with Crippen LogP contribution in [0.25, 0.3) is 0 Å². The Morgan fingerprint density at radius 2 is 1.73 bits per heavy atom. The van der Waals surface area contributed by atoms with E-state index in [1.54, 1.807) is 0 Å². The molecule has 0 bridgehead atoms. The number of morpholine rings is 1. The summed E-state index contributed by atoms with van der Waals surface area (Å²) in [7, 11) is 0. The standard InChI is InChI=1S/C18H26N2O2/c1-15-2-4-17(5-3-15)18(21)20-8-6-16(7-9-20)14-19-10-12-22-13-11-19/h2-5,16H,6-14H2,1H3. The molecule has 22 heavy (non-hydrogen) atoms. The third-order valence-corrected chi connectivity index (χ3v) is 4.82. The van der Waals surface area contributed by atoms with Crippen LogP contribution in [0, 0.1) is 12.8 Å². The zero-order valence-electron chi connectivity index (χ0n) is 13.5. The lowest BCUT2D eigenvalue weighted by molar-refractivity contribution is 0.0243. The quantitative estimate of drug-likeness (QED) is 0.858. The number of nitrogens with zero attached hydrogens (tertiary/aromatic N) is 2. The van der Waals surface area contributed by atoms with Gasteiger partial charge in [0.15, 0.2) is 0 Å². The van der Waals surface area contributed by atoms with Crippen molar-refractivity contribution in [3.63, 3.8) is 0 Å². The summed E-state index contributed by atoms with van der Waals surface area (Å²) in [5, 5.41) is 0. The fourth-order valence-electron chi connectivity index (χ4n) is 3.35. The normalized spacial score (nSPS) is 21.0. The molecule has 4 nitrogen and oxygen atoms in total. The molecule has 120 valence electrons. The molecule has 0 spiro atoms. The number of carbonyl (C=O) groups excluding carboxylic acids is 1. The average molecular weight is 302 g/mol. The van der Waals surface area contributed by atoms with E-state index in [0.717, 1.165) is 70.3 Å². The SMILES string of the molecule is Cc1ccc(C(=O)N2CCC(CN3CCOCC3)CC2)cc1. The molecule has 0 unspecified atom stereocenters. The van der Waals surface area contributed by atoms with Crippen LogP contribution in [-0.2, 0) is 4.74 Å². The van der Waals surface area contributed by atoms with Gasteiger partial charge in [0.1, 0.15) is 0 Å². The summed E-state index contributed by atoms with van der Waals surface area (Å²) >= 11 is 0. The molecule has 0 saturated carbocycles. The minimum atomic E-state index is 0.185. The van der Waals surface area contributed by atoms with Crippen molar-refractivity contribution in [2.24, 2.45) is 5.92 Å². The second-order valence-electron chi connectivity index (χ2n) is 6.51. The molecule has 1 aromatic rings. The summed E-state index contributed by atoms with van der Waals surface area (Å²) in [5.41, 5.74) is 2.01. The van der Waals surface area contributed by atoms with Gasteiger partial charge in [-0.05, 0) is 37.8 Å². The van der Waals surface area contributed by atoms with Crippen molar-refractivity contribution >= 4 is 5.91 Å². The number of piperidine rings is 1. The van der Waals surface area contributed by atoms with Gasteiger partial charge in [0, 0.05) is 38.3 Å². The highest BCUT2D eigenvalue weighted by Gasteiger charge is 2.25. The number of benzene rings is 1. The van der Waals surface area contributed by atoms with Crippen LogP contribution in [0.3, 0.4) is 0 Å². The zero-order valence-corrected chi connectivity index (χ0v) is 13.5. The van der Waals surface area contributed by atoms with Crippen LogP contribution in [0.1, 0.15) is 28.8 Å². The average Bonchev–Trinajstić information content (AvgIpc) is 2.57. The second-order valence-corrected chi connectivity index (χ2v) is 6.51. The van der Waals surface area contributed by atoms with Crippen LogP contribution in [0.2, 0.25) is 0 Å². The van der Waals surface area contributed by atoms with E-state index >= 15 is 0 Å². The van der Waals surface area contributed by atoms with Crippen LogP contribution < -0.4 is 0 Å². The van der Waals surface area contributed by atoms with E-state index in [4.69, 9.17) is 4.74 Å². The first-order valence-electron chi connectivity index (χ1n) is 8.38. The third kappa shape index (κ3) is 3.87. The number of ether oxygens (including phenoxy) is 1. The predicted molar refractivity (Wildman–Crippen MR) is 87.1 cm³/mol. The first-order valence-corrected chi connectivity index (χ1v) is 8.38. The smallest absolute Gasteiger partial charge is 0.253 e. The number of likely N-dealkylation sites (tertiary alicyclic amines) is 1. The van der Waals surface area contributed by atoms with Gasteiger partial charge >= 0.3 is 0 Å². The minimum Gasteiger partial charge on any atom is -0.379 e. The van der Waals surface area contributed by atoms with E-state index in [1.807, 2.05) is 36.1 Å². The van der Waals surface area contributed by atoms with Crippen molar-refractivity contribution in [1.29, 1.82) is 0 Å². The molecule has 2 fully saturated rings. The topological polar surface area (TPSA) is 32.8 Å². The van der Waals surface area contributed by atoms with Gasteiger partial charge in [-0.25, -0.2) is 0 Å². The Labute approximate surface area is 133 Å². The number of amides is 1.